The number of aryl methyl sites for hydroxylation is 2. The van der Waals surface area contributed by atoms with Crippen LogP contribution in [0.25, 0.3) is 22.2 Å². The molecule has 0 radical (unpaired) electrons. The normalized spacial score (nSPS) is 11.6. The second-order valence-corrected chi connectivity index (χ2v) is 8.40. The number of hydrogen-bond acceptors (Lipinski definition) is 6. The lowest BCUT2D eigenvalue weighted by molar-refractivity contribution is -0.366. The Kier molecular flexibility index (Phi) is 6.64. The summed E-state index contributed by atoms with van der Waals surface area (Å²) in [6.45, 7) is 5.72. The number of benzene rings is 2. The van der Waals surface area contributed by atoms with E-state index < -0.39 is 0 Å². The molecule has 0 saturated heterocycles. The lowest BCUT2D eigenvalue weighted by atomic mass is 10.0. The summed E-state index contributed by atoms with van der Waals surface area (Å²) >= 11 is 0. The Hall–Kier alpha value is -4.46. The lowest BCUT2D eigenvalue weighted by Gasteiger charge is -2.18. The van der Waals surface area contributed by atoms with Crippen LogP contribution < -0.4 is 27.3 Å². The largest absolute Gasteiger partial charge is 0.398 e. The number of nitrogen functional groups attached to an aromatic ring is 1. The maximum atomic E-state index is 13.8. The van der Waals surface area contributed by atoms with Crippen molar-refractivity contribution in [3.05, 3.63) is 93.7 Å². The van der Waals surface area contributed by atoms with Crippen LogP contribution in [0.15, 0.2) is 65.7 Å². The lowest BCUT2D eigenvalue weighted by Crippen LogP contribution is -2.26. The number of H-pyrrole nitrogens is 1. The number of nitrogens with two attached hydrogens (primary N) is 2. The van der Waals surface area contributed by atoms with Crippen molar-refractivity contribution >= 4 is 33.9 Å². The number of rotatable bonds is 7. The zero-order valence-electron chi connectivity index (χ0n) is 20.1. The first kappa shape index (κ1) is 23.7. The number of carbonyl (C=O) groups excluding carboxylic acids is 1. The van der Waals surface area contributed by atoms with Gasteiger partial charge in [-0.2, -0.15) is 0 Å². The van der Waals surface area contributed by atoms with Gasteiger partial charge in [-0.05, 0) is 48.9 Å². The number of aromatic nitrogens is 3. The molecule has 35 heavy (non-hydrogen) atoms. The van der Waals surface area contributed by atoms with Crippen LogP contribution in [-0.2, 0) is 17.8 Å². The highest BCUT2D eigenvalue weighted by atomic mass is 16.1. The Morgan fingerprint density at radius 1 is 1.20 bits per heavy atom. The van der Waals surface area contributed by atoms with E-state index in [2.05, 4.69) is 22.2 Å². The summed E-state index contributed by atoms with van der Waals surface area (Å²) in [6.07, 6.45) is 3.54. The fourth-order valence-electron chi connectivity index (χ4n) is 4.34. The third-order valence-corrected chi connectivity index (χ3v) is 5.96. The van der Waals surface area contributed by atoms with Gasteiger partial charge in [0.25, 0.3) is 5.56 Å². The maximum absolute atomic E-state index is 13.8. The molecule has 0 unspecified atom stereocenters. The molecule has 0 amide bonds. The van der Waals surface area contributed by atoms with Crippen molar-refractivity contribution in [2.24, 2.45) is 5.73 Å². The molecular formula is C27H29N6O2+. The highest BCUT2D eigenvalue weighted by Gasteiger charge is 2.20. The second-order valence-electron chi connectivity index (χ2n) is 8.40. The molecule has 0 fully saturated rings. The Bertz CT molecular complexity index is 1520. The summed E-state index contributed by atoms with van der Waals surface area (Å²) in [7, 11) is 0. The van der Waals surface area contributed by atoms with Crippen LogP contribution in [0, 0.1) is 6.92 Å². The van der Waals surface area contributed by atoms with Crippen LogP contribution in [0.4, 0.5) is 11.6 Å². The first-order chi connectivity index (χ1) is 16.8. The molecule has 8 heteroatoms. The van der Waals surface area contributed by atoms with Gasteiger partial charge in [0, 0.05) is 6.08 Å². The summed E-state index contributed by atoms with van der Waals surface area (Å²) in [5.41, 5.74) is 16.4. The van der Waals surface area contributed by atoms with E-state index in [-0.39, 0.29) is 29.4 Å². The highest BCUT2D eigenvalue weighted by molar-refractivity contribution is 5.96. The van der Waals surface area contributed by atoms with E-state index in [1.54, 1.807) is 4.57 Å². The van der Waals surface area contributed by atoms with E-state index in [1.165, 1.54) is 19.3 Å². The molecule has 2 aromatic carbocycles. The van der Waals surface area contributed by atoms with Crippen molar-refractivity contribution in [2.45, 2.75) is 33.7 Å². The fraction of sp³-hybridized carbons (Fsp3) is 0.185. The molecule has 0 aliphatic carbocycles. The quantitative estimate of drug-likeness (QED) is 0.357. The van der Waals surface area contributed by atoms with E-state index in [0.29, 0.717) is 16.8 Å². The number of fused-ring (bicyclic) bond motifs is 1. The van der Waals surface area contributed by atoms with Crippen LogP contribution in [0.1, 0.15) is 36.2 Å². The van der Waals surface area contributed by atoms with Crippen molar-refractivity contribution in [2.75, 3.05) is 11.1 Å². The van der Waals surface area contributed by atoms with Crippen molar-refractivity contribution in [3.8, 4) is 5.69 Å². The van der Waals surface area contributed by atoms with E-state index in [4.69, 9.17) is 11.5 Å². The summed E-state index contributed by atoms with van der Waals surface area (Å²) in [6, 6.07) is 15.8. The number of aromatic amines is 1. The Balaban J connectivity index is 1.88. The van der Waals surface area contributed by atoms with E-state index in [9.17, 15) is 9.59 Å². The molecule has 2 heterocycles. The molecule has 6 N–H and O–H groups in total. The molecule has 8 nitrogen and oxygen atoms in total. The number of nitrogens with one attached hydrogen (secondary N) is 2. The average Bonchev–Trinajstić information content (AvgIpc) is 2.82. The molecule has 0 aliphatic rings. The van der Waals surface area contributed by atoms with Gasteiger partial charge in [0.2, 0.25) is 18.0 Å². The van der Waals surface area contributed by atoms with Crippen LogP contribution in [0.2, 0.25) is 0 Å². The van der Waals surface area contributed by atoms with Gasteiger partial charge in [-0.15, -0.1) is 0 Å². The molecule has 2 aromatic heterocycles. The predicted octanol–water partition coefficient (Wildman–Crippen LogP) is 3.15. The Labute approximate surface area is 203 Å². The number of nitrogens with zero attached hydrogens (tertiary/aromatic N) is 2. The molecule has 0 atom stereocenters. The second kappa shape index (κ2) is 9.80. The summed E-state index contributed by atoms with van der Waals surface area (Å²) in [5.74, 6) is 0.482. The monoisotopic (exact) mass is 469 g/mol. The molecular weight excluding hydrogens is 440 g/mol. The zero-order chi connectivity index (χ0) is 25.1. The Morgan fingerprint density at radius 3 is 2.71 bits per heavy atom. The molecule has 0 bridgehead atoms. The summed E-state index contributed by atoms with van der Waals surface area (Å²) < 4.78 is 1.76. The number of ketones is 1. The van der Waals surface area contributed by atoms with E-state index in [1.807, 2.05) is 55.5 Å². The van der Waals surface area contributed by atoms with Gasteiger partial charge in [-0.1, -0.05) is 48.3 Å². The standard InChI is InChI=1S/C27H28N6O2/c1-4-18-9-5-6-11-22(18)33-20(13-19-10-7-8-16(2)23(19)27(33)35)14-30-26-24(21(28)12-17(3)34)25(29)31-15-32-26/h5-13,15H,4,14,28H2,1-3H3,(H3,29,30,31,32)/p+1. The van der Waals surface area contributed by atoms with Crippen LogP contribution in [-0.4, -0.2) is 15.3 Å². The van der Waals surface area contributed by atoms with Crippen molar-refractivity contribution in [1.29, 1.82) is 0 Å². The van der Waals surface area contributed by atoms with Gasteiger partial charge < -0.3 is 11.5 Å². The summed E-state index contributed by atoms with van der Waals surface area (Å²) in [5, 5.41) is 4.87. The highest BCUT2D eigenvalue weighted by Crippen LogP contribution is 2.24. The summed E-state index contributed by atoms with van der Waals surface area (Å²) in [4.78, 5) is 32.5. The SMILES string of the molecule is CCc1ccccc1-n1c(CNc2[nH+]cnc(N)c2C(N)=CC(C)=O)cc2cccc(C)c2c1=O. The topological polar surface area (TPSA) is 130 Å². The minimum atomic E-state index is -0.202. The zero-order valence-corrected chi connectivity index (χ0v) is 20.1. The number of carbonyl (C=O) groups is 1. The first-order valence-electron chi connectivity index (χ1n) is 11.4. The van der Waals surface area contributed by atoms with Crippen molar-refractivity contribution < 1.29 is 9.78 Å². The van der Waals surface area contributed by atoms with Crippen LogP contribution in [0.3, 0.4) is 0 Å². The molecule has 0 saturated carbocycles. The van der Waals surface area contributed by atoms with Crippen molar-refractivity contribution in [1.82, 2.24) is 9.55 Å². The first-order valence-corrected chi connectivity index (χ1v) is 11.4. The minimum Gasteiger partial charge on any atom is -0.398 e. The van der Waals surface area contributed by atoms with E-state index >= 15 is 0 Å². The maximum Gasteiger partial charge on any atom is 0.263 e. The van der Waals surface area contributed by atoms with Gasteiger partial charge in [0.15, 0.2) is 5.78 Å². The van der Waals surface area contributed by atoms with Gasteiger partial charge in [-0.25, -0.2) is 4.98 Å². The van der Waals surface area contributed by atoms with E-state index in [0.717, 1.165) is 34.3 Å². The smallest absolute Gasteiger partial charge is 0.263 e. The number of para-hydroxylation sites is 1. The number of hydrogen-bond donors (Lipinski definition) is 3. The molecule has 0 spiro atoms. The third kappa shape index (κ3) is 4.63. The van der Waals surface area contributed by atoms with Gasteiger partial charge in [0.05, 0.1) is 22.5 Å². The Morgan fingerprint density at radius 2 is 1.97 bits per heavy atom. The van der Waals surface area contributed by atoms with Gasteiger partial charge in [-0.3, -0.25) is 19.5 Å². The molecule has 4 aromatic rings. The number of pyridine rings is 1. The molecule has 4 rings (SSSR count). The predicted molar refractivity (Wildman–Crippen MR) is 139 cm³/mol. The van der Waals surface area contributed by atoms with Crippen LogP contribution >= 0.6 is 0 Å². The fourth-order valence-corrected chi connectivity index (χ4v) is 4.34. The van der Waals surface area contributed by atoms with Crippen LogP contribution in [0.5, 0.6) is 0 Å². The molecule has 0 aliphatic heterocycles. The van der Waals surface area contributed by atoms with Gasteiger partial charge in [0.1, 0.15) is 12.1 Å². The number of anilines is 2. The minimum absolute atomic E-state index is 0.0762. The van der Waals surface area contributed by atoms with Gasteiger partial charge >= 0.3 is 0 Å². The number of allylic oxidation sites excluding steroid dienone is 1. The molecule has 178 valence electrons. The average molecular weight is 470 g/mol. The van der Waals surface area contributed by atoms with Crippen molar-refractivity contribution in [3.63, 3.8) is 0 Å². The third-order valence-electron chi connectivity index (χ3n) is 5.96.